The fraction of sp³-hybridized carbons (Fsp3) is 0.400. The molecule has 0 saturated heterocycles. The molecule has 28 heavy (non-hydrogen) atoms. The van der Waals surface area contributed by atoms with E-state index < -0.39 is 11.2 Å². The lowest BCUT2D eigenvalue weighted by Crippen LogP contribution is -2.25. The summed E-state index contributed by atoms with van der Waals surface area (Å²) in [4.78, 5) is 32.7. The van der Waals surface area contributed by atoms with Crippen LogP contribution in [0.4, 0.5) is 11.5 Å². The van der Waals surface area contributed by atoms with Gasteiger partial charge in [0.1, 0.15) is 11.4 Å². The number of nitrogens with one attached hydrogen (secondary N) is 1. The number of anilines is 2. The third-order valence-corrected chi connectivity index (χ3v) is 5.29. The highest BCUT2D eigenvalue weighted by atomic mass is 32.2. The largest absolute Gasteiger partial charge is 0.462 e. The normalized spacial score (nSPS) is 11.9. The van der Waals surface area contributed by atoms with Crippen LogP contribution in [0.1, 0.15) is 56.0 Å². The summed E-state index contributed by atoms with van der Waals surface area (Å²) in [5, 5.41) is 2.86. The van der Waals surface area contributed by atoms with Gasteiger partial charge in [-0.05, 0) is 37.0 Å². The number of esters is 1. The number of ether oxygens (including phenoxy) is 1. The predicted octanol–water partition coefficient (Wildman–Crippen LogP) is 3.87. The van der Waals surface area contributed by atoms with Crippen molar-refractivity contribution in [2.45, 2.75) is 50.4 Å². The molecule has 1 heterocycles. The minimum absolute atomic E-state index is 0.0375. The van der Waals surface area contributed by atoms with E-state index in [2.05, 4.69) is 29.1 Å². The highest BCUT2D eigenvalue weighted by molar-refractivity contribution is 8.00. The predicted molar refractivity (Wildman–Crippen MR) is 111 cm³/mol. The van der Waals surface area contributed by atoms with Crippen LogP contribution in [0.2, 0.25) is 0 Å². The average molecular weight is 403 g/mol. The molecule has 1 amide bonds. The number of carbonyl (C=O) groups excluding carboxylic acids is 2. The molecule has 0 radical (unpaired) electrons. The van der Waals surface area contributed by atoms with Crippen molar-refractivity contribution in [2.24, 2.45) is 0 Å². The van der Waals surface area contributed by atoms with Gasteiger partial charge in [0.2, 0.25) is 5.91 Å². The van der Waals surface area contributed by atoms with Gasteiger partial charge in [0.05, 0.1) is 11.9 Å². The van der Waals surface area contributed by atoms with Crippen LogP contribution >= 0.6 is 11.8 Å². The first-order valence-electron chi connectivity index (χ1n) is 9.22. The van der Waals surface area contributed by atoms with E-state index in [0.29, 0.717) is 17.5 Å². The molecule has 0 spiro atoms. The average Bonchev–Trinajstić information content (AvgIpc) is 2.66. The van der Waals surface area contributed by atoms with Crippen molar-refractivity contribution in [3.05, 3.63) is 41.6 Å². The van der Waals surface area contributed by atoms with E-state index in [9.17, 15) is 9.59 Å². The van der Waals surface area contributed by atoms with E-state index in [1.54, 1.807) is 6.92 Å². The summed E-state index contributed by atoms with van der Waals surface area (Å²) in [6.45, 7) is 8.10. The van der Waals surface area contributed by atoms with Gasteiger partial charge in [0.15, 0.2) is 5.16 Å². The lowest BCUT2D eigenvalue weighted by atomic mass is 10.0. The number of hydrogen-bond acceptors (Lipinski definition) is 7. The number of amides is 1. The van der Waals surface area contributed by atoms with Gasteiger partial charge in [0, 0.05) is 11.9 Å². The highest BCUT2D eigenvalue weighted by Gasteiger charge is 2.21. The second-order valence-corrected chi connectivity index (χ2v) is 7.62. The Morgan fingerprint density at radius 2 is 1.89 bits per heavy atom. The number of carbonyl (C=O) groups is 2. The molecule has 3 N–H and O–H groups in total. The summed E-state index contributed by atoms with van der Waals surface area (Å²) < 4.78 is 4.91. The summed E-state index contributed by atoms with van der Waals surface area (Å²) in [6, 6.07) is 7.80. The molecule has 1 aromatic heterocycles. The Morgan fingerprint density at radius 3 is 2.43 bits per heavy atom. The summed E-state index contributed by atoms with van der Waals surface area (Å²) >= 11 is 1.21. The molecule has 2 aromatic rings. The minimum atomic E-state index is -0.564. The van der Waals surface area contributed by atoms with Gasteiger partial charge in [-0.2, -0.15) is 0 Å². The maximum Gasteiger partial charge on any atom is 0.343 e. The first-order valence-corrected chi connectivity index (χ1v) is 10.1. The second-order valence-electron chi connectivity index (χ2n) is 6.45. The first kappa shape index (κ1) is 21.7. The number of nitrogen functional groups attached to an aromatic ring is 1. The Kier molecular flexibility index (Phi) is 7.80. The van der Waals surface area contributed by atoms with Crippen molar-refractivity contribution in [3.8, 4) is 0 Å². The van der Waals surface area contributed by atoms with E-state index in [1.807, 2.05) is 31.2 Å². The molecule has 150 valence electrons. The van der Waals surface area contributed by atoms with Crippen LogP contribution in [0.5, 0.6) is 0 Å². The molecule has 0 aliphatic carbocycles. The Hall–Kier alpha value is -2.61. The number of nitrogens with zero attached hydrogens (tertiary/aromatic N) is 2. The first-order chi connectivity index (χ1) is 13.3. The zero-order valence-electron chi connectivity index (χ0n) is 16.6. The molecule has 0 fully saturated rings. The van der Waals surface area contributed by atoms with Gasteiger partial charge in [-0.15, -0.1) is 0 Å². The number of aromatic nitrogens is 2. The molecule has 0 aliphatic rings. The van der Waals surface area contributed by atoms with E-state index in [-0.39, 0.29) is 23.9 Å². The minimum Gasteiger partial charge on any atom is -0.462 e. The lowest BCUT2D eigenvalue weighted by Gasteiger charge is -2.15. The third-order valence-electron chi connectivity index (χ3n) is 4.05. The summed E-state index contributed by atoms with van der Waals surface area (Å²) in [7, 11) is 0. The van der Waals surface area contributed by atoms with Crippen molar-refractivity contribution in [3.63, 3.8) is 0 Å². The Labute approximate surface area is 169 Å². The quantitative estimate of drug-likeness (QED) is 0.392. The van der Waals surface area contributed by atoms with Gasteiger partial charge >= 0.3 is 5.97 Å². The fourth-order valence-electron chi connectivity index (χ4n) is 2.42. The van der Waals surface area contributed by atoms with Crippen LogP contribution in [0.15, 0.2) is 35.6 Å². The smallest absolute Gasteiger partial charge is 0.343 e. The van der Waals surface area contributed by atoms with E-state index in [0.717, 1.165) is 5.69 Å². The Balaban J connectivity index is 2.05. The molecule has 1 atom stereocenters. The summed E-state index contributed by atoms with van der Waals surface area (Å²) in [6.07, 6.45) is 1.92. The van der Waals surface area contributed by atoms with Crippen LogP contribution in [-0.4, -0.2) is 33.7 Å². The van der Waals surface area contributed by atoms with Gasteiger partial charge in [-0.1, -0.05) is 44.7 Å². The maximum atomic E-state index is 12.6. The number of hydrogen-bond donors (Lipinski definition) is 2. The van der Waals surface area contributed by atoms with Gasteiger partial charge in [0.25, 0.3) is 0 Å². The highest BCUT2D eigenvalue weighted by Crippen LogP contribution is 2.25. The zero-order valence-corrected chi connectivity index (χ0v) is 17.4. The second kappa shape index (κ2) is 10.1. The van der Waals surface area contributed by atoms with E-state index >= 15 is 0 Å². The molecule has 0 saturated carbocycles. The van der Waals surface area contributed by atoms with E-state index in [4.69, 9.17) is 10.5 Å². The number of benzene rings is 1. The molecule has 0 aliphatic heterocycles. The van der Waals surface area contributed by atoms with Crippen molar-refractivity contribution < 1.29 is 14.3 Å². The van der Waals surface area contributed by atoms with Crippen LogP contribution in [-0.2, 0) is 9.53 Å². The topological polar surface area (TPSA) is 107 Å². The maximum absolute atomic E-state index is 12.6. The fourth-order valence-corrected chi connectivity index (χ4v) is 3.28. The summed E-state index contributed by atoms with van der Waals surface area (Å²) in [5.41, 5.74) is 7.92. The molecule has 2 rings (SSSR count). The third kappa shape index (κ3) is 5.69. The van der Waals surface area contributed by atoms with E-state index in [1.165, 1.54) is 23.5 Å². The molecule has 0 bridgehead atoms. The van der Waals surface area contributed by atoms with Crippen LogP contribution in [0.25, 0.3) is 0 Å². The monoisotopic (exact) mass is 402 g/mol. The van der Waals surface area contributed by atoms with Crippen LogP contribution in [0.3, 0.4) is 0 Å². The molecule has 8 heteroatoms. The number of thioether (sulfide) groups is 1. The van der Waals surface area contributed by atoms with Crippen molar-refractivity contribution in [1.29, 1.82) is 0 Å². The van der Waals surface area contributed by atoms with Crippen molar-refractivity contribution in [1.82, 2.24) is 9.97 Å². The molecular formula is C20H26N4O3S. The molecule has 7 nitrogen and oxygen atoms in total. The Morgan fingerprint density at radius 1 is 1.21 bits per heavy atom. The number of nitrogens with two attached hydrogens (primary N) is 1. The zero-order chi connectivity index (χ0) is 20.7. The molecule has 1 aromatic carbocycles. The van der Waals surface area contributed by atoms with Gasteiger partial charge in [-0.3, -0.25) is 4.79 Å². The standard InChI is InChI=1S/C20H26N4O3S/c1-5-16(18(25)23-14-9-7-13(8-10-14)12(3)4)28-20-22-11-15(17(21)24-20)19(26)27-6-2/h7-12,16H,5-6H2,1-4H3,(H,23,25)(H2,21,22,24)/t16-/m0/s1. The van der Waals surface area contributed by atoms with Gasteiger partial charge in [-0.25, -0.2) is 14.8 Å². The van der Waals surface area contributed by atoms with Crippen molar-refractivity contribution in [2.75, 3.05) is 17.7 Å². The van der Waals surface area contributed by atoms with Crippen LogP contribution < -0.4 is 11.1 Å². The van der Waals surface area contributed by atoms with Crippen molar-refractivity contribution >= 4 is 35.1 Å². The van der Waals surface area contributed by atoms with Crippen LogP contribution in [0, 0.1) is 0 Å². The van der Waals surface area contributed by atoms with Gasteiger partial charge < -0.3 is 15.8 Å². The SMILES string of the molecule is CCOC(=O)c1cnc(S[C@@H](CC)C(=O)Nc2ccc(C(C)C)cc2)nc1N. The summed E-state index contributed by atoms with van der Waals surface area (Å²) in [5.74, 6) is -0.230. The molecule has 0 unspecified atom stereocenters. The lowest BCUT2D eigenvalue weighted by molar-refractivity contribution is -0.115. The number of rotatable bonds is 8. The Bertz CT molecular complexity index is 825. The molecular weight excluding hydrogens is 376 g/mol.